The normalized spacial score (nSPS) is 12.0. The van der Waals surface area contributed by atoms with Gasteiger partial charge in [-0.1, -0.05) is 36.4 Å². The summed E-state index contributed by atoms with van der Waals surface area (Å²) in [5.74, 6) is 0.944. The van der Waals surface area contributed by atoms with Gasteiger partial charge >= 0.3 is 0 Å². The fourth-order valence-corrected chi connectivity index (χ4v) is 2.56. The van der Waals surface area contributed by atoms with Crippen LogP contribution in [-0.4, -0.2) is 19.1 Å². The van der Waals surface area contributed by atoms with Crippen LogP contribution in [0.5, 0.6) is 11.5 Å². The Morgan fingerprint density at radius 3 is 2.40 bits per heavy atom. The Bertz CT molecular complexity index is 760. The minimum atomic E-state index is -0.652. The standard InChI is InChI=1S/C21H25NO3/c1-6-8-17-11-12-18(19(13-17)24-5)25-16(4)21(23)22-20-14(2)9-7-10-15(20)3/h6-13,16H,1-5H3,(H,22,23)/b8-6+. The van der Waals surface area contributed by atoms with Crippen molar-refractivity contribution in [1.29, 1.82) is 0 Å². The first kappa shape index (κ1) is 18.6. The maximum atomic E-state index is 12.5. The van der Waals surface area contributed by atoms with E-state index >= 15 is 0 Å². The molecule has 0 heterocycles. The lowest BCUT2D eigenvalue weighted by atomic mass is 10.1. The second-order valence-corrected chi connectivity index (χ2v) is 5.93. The van der Waals surface area contributed by atoms with Crippen LogP contribution in [0.15, 0.2) is 42.5 Å². The highest BCUT2D eigenvalue weighted by Crippen LogP contribution is 2.30. The van der Waals surface area contributed by atoms with Crippen LogP contribution in [0.1, 0.15) is 30.5 Å². The number of aryl methyl sites for hydroxylation is 2. The number of carbonyl (C=O) groups excluding carboxylic acids is 1. The fraction of sp³-hybridized carbons (Fsp3) is 0.286. The van der Waals surface area contributed by atoms with Crippen LogP contribution in [0.3, 0.4) is 0 Å². The summed E-state index contributed by atoms with van der Waals surface area (Å²) >= 11 is 0. The van der Waals surface area contributed by atoms with Gasteiger partial charge < -0.3 is 14.8 Å². The fourth-order valence-electron chi connectivity index (χ4n) is 2.56. The van der Waals surface area contributed by atoms with Gasteiger partial charge in [-0.05, 0) is 56.5 Å². The largest absolute Gasteiger partial charge is 0.493 e. The van der Waals surface area contributed by atoms with E-state index in [1.54, 1.807) is 14.0 Å². The maximum absolute atomic E-state index is 12.5. The van der Waals surface area contributed by atoms with Crippen LogP contribution in [0.4, 0.5) is 5.69 Å². The summed E-state index contributed by atoms with van der Waals surface area (Å²) in [6.45, 7) is 7.62. The number of benzene rings is 2. The highest BCUT2D eigenvalue weighted by molar-refractivity contribution is 5.95. The van der Waals surface area contributed by atoms with Gasteiger partial charge in [0.05, 0.1) is 7.11 Å². The molecule has 2 aromatic carbocycles. The van der Waals surface area contributed by atoms with Gasteiger partial charge in [-0.15, -0.1) is 0 Å². The van der Waals surface area contributed by atoms with Crippen molar-refractivity contribution in [2.45, 2.75) is 33.8 Å². The van der Waals surface area contributed by atoms with Crippen molar-refractivity contribution in [2.75, 3.05) is 12.4 Å². The van der Waals surface area contributed by atoms with E-state index in [4.69, 9.17) is 9.47 Å². The van der Waals surface area contributed by atoms with Crippen LogP contribution in [0.25, 0.3) is 6.08 Å². The van der Waals surface area contributed by atoms with Crippen LogP contribution < -0.4 is 14.8 Å². The number of para-hydroxylation sites is 1. The number of hydrogen-bond donors (Lipinski definition) is 1. The molecule has 0 aromatic heterocycles. The molecule has 132 valence electrons. The molecular formula is C21H25NO3. The van der Waals surface area contributed by atoms with Crippen LogP contribution in [0, 0.1) is 13.8 Å². The van der Waals surface area contributed by atoms with Crippen molar-refractivity contribution < 1.29 is 14.3 Å². The van der Waals surface area contributed by atoms with Crippen molar-refractivity contribution in [1.82, 2.24) is 0 Å². The molecular weight excluding hydrogens is 314 g/mol. The molecule has 0 saturated heterocycles. The number of allylic oxidation sites excluding steroid dienone is 1. The number of anilines is 1. The zero-order chi connectivity index (χ0) is 18.4. The number of carbonyl (C=O) groups is 1. The smallest absolute Gasteiger partial charge is 0.265 e. The summed E-state index contributed by atoms with van der Waals surface area (Å²) in [6.07, 6.45) is 3.28. The minimum absolute atomic E-state index is 0.197. The van der Waals surface area contributed by atoms with Gasteiger partial charge in [0.1, 0.15) is 0 Å². The number of hydrogen-bond acceptors (Lipinski definition) is 3. The molecule has 0 saturated carbocycles. The second kappa shape index (κ2) is 8.38. The van der Waals surface area contributed by atoms with E-state index in [0.717, 1.165) is 22.4 Å². The third-order valence-electron chi connectivity index (χ3n) is 3.95. The number of amides is 1. The van der Waals surface area contributed by atoms with Gasteiger partial charge in [0.2, 0.25) is 0 Å². The first-order valence-corrected chi connectivity index (χ1v) is 8.30. The molecule has 2 aromatic rings. The molecule has 0 aliphatic carbocycles. The van der Waals surface area contributed by atoms with Crippen molar-refractivity contribution in [3.05, 3.63) is 59.2 Å². The molecule has 4 heteroatoms. The minimum Gasteiger partial charge on any atom is -0.493 e. The van der Waals surface area contributed by atoms with Crippen LogP contribution >= 0.6 is 0 Å². The zero-order valence-electron chi connectivity index (χ0n) is 15.4. The first-order valence-electron chi connectivity index (χ1n) is 8.30. The Labute approximate surface area is 149 Å². The summed E-state index contributed by atoms with van der Waals surface area (Å²) in [5.41, 5.74) is 3.89. The molecule has 4 nitrogen and oxygen atoms in total. The van der Waals surface area contributed by atoms with Gasteiger partial charge in [-0.2, -0.15) is 0 Å². The quantitative estimate of drug-likeness (QED) is 0.826. The molecule has 1 amide bonds. The van der Waals surface area contributed by atoms with E-state index in [-0.39, 0.29) is 5.91 Å². The summed E-state index contributed by atoms with van der Waals surface area (Å²) in [6, 6.07) is 11.5. The van der Waals surface area contributed by atoms with Gasteiger partial charge in [-0.25, -0.2) is 0 Å². The summed E-state index contributed by atoms with van der Waals surface area (Å²) < 4.78 is 11.2. The predicted molar refractivity (Wildman–Crippen MR) is 102 cm³/mol. The van der Waals surface area contributed by atoms with Gasteiger partial charge in [0, 0.05) is 5.69 Å². The third kappa shape index (κ3) is 4.63. The summed E-state index contributed by atoms with van der Waals surface area (Å²) in [7, 11) is 1.59. The Balaban J connectivity index is 2.13. The molecule has 0 radical (unpaired) electrons. The second-order valence-electron chi connectivity index (χ2n) is 5.93. The molecule has 1 unspecified atom stereocenters. The lowest BCUT2D eigenvalue weighted by molar-refractivity contribution is -0.122. The topological polar surface area (TPSA) is 47.6 Å². The van der Waals surface area contributed by atoms with Crippen molar-refractivity contribution >= 4 is 17.7 Å². The molecule has 2 rings (SSSR count). The van der Waals surface area contributed by atoms with E-state index in [1.165, 1.54) is 0 Å². The van der Waals surface area contributed by atoms with Crippen molar-refractivity contribution in [2.24, 2.45) is 0 Å². The number of rotatable bonds is 6. The van der Waals surface area contributed by atoms with E-state index < -0.39 is 6.10 Å². The summed E-state index contributed by atoms with van der Waals surface area (Å²) in [5, 5.41) is 2.95. The Kier molecular flexibility index (Phi) is 6.23. The molecule has 0 spiro atoms. The summed E-state index contributed by atoms with van der Waals surface area (Å²) in [4.78, 5) is 12.5. The van der Waals surface area contributed by atoms with E-state index in [9.17, 15) is 4.79 Å². The lowest BCUT2D eigenvalue weighted by Gasteiger charge is -2.18. The Hall–Kier alpha value is -2.75. The molecule has 1 N–H and O–H groups in total. The van der Waals surface area contributed by atoms with Gasteiger partial charge in [0.25, 0.3) is 5.91 Å². The molecule has 0 aliphatic heterocycles. The van der Waals surface area contributed by atoms with Crippen LogP contribution in [-0.2, 0) is 4.79 Å². The van der Waals surface area contributed by atoms with Crippen molar-refractivity contribution in [3.63, 3.8) is 0 Å². The SMILES string of the molecule is C/C=C/c1ccc(OC(C)C(=O)Nc2c(C)cccc2C)c(OC)c1. The number of nitrogens with one attached hydrogen (secondary N) is 1. The van der Waals surface area contributed by atoms with Crippen molar-refractivity contribution in [3.8, 4) is 11.5 Å². The average Bonchev–Trinajstić information content (AvgIpc) is 2.59. The monoisotopic (exact) mass is 339 g/mol. The Morgan fingerprint density at radius 1 is 1.12 bits per heavy atom. The van der Waals surface area contributed by atoms with E-state index in [2.05, 4.69) is 5.32 Å². The zero-order valence-corrected chi connectivity index (χ0v) is 15.4. The van der Waals surface area contributed by atoms with E-state index in [0.29, 0.717) is 11.5 Å². The molecule has 25 heavy (non-hydrogen) atoms. The predicted octanol–water partition coefficient (Wildman–Crippen LogP) is 4.75. The number of methoxy groups -OCH3 is 1. The number of ether oxygens (including phenoxy) is 2. The molecule has 0 fully saturated rings. The highest BCUT2D eigenvalue weighted by Gasteiger charge is 2.18. The third-order valence-corrected chi connectivity index (χ3v) is 3.95. The molecule has 1 atom stereocenters. The first-order chi connectivity index (χ1) is 12.0. The molecule has 0 aliphatic rings. The van der Waals surface area contributed by atoms with Gasteiger partial charge in [0.15, 0.2) is 17.6 Å². The van der Waals surface area contributed by atoms with E-state index in [1.807, 2.05) is 69.3 Å². The van der Waals surface area contributed by atoms with Gasteiger partial charge in [-0.3, -0.25) is 4.79 Å². The maximum Gasteiger partial charge on any atom is 0.265 e. The average molecular weight is 339 g/mol. The lowest BCUT2D eigenvalue weighted by Crippen LogP contribution is -2.30. The Morgan fingerprint density at radius 2 is 1.80 bits per heavy atom. The molecule has 0 bridgehead atoms. The highest BCUT2D eigenvalue weighted by atomic mass is 16.5. The van der Waals surface area contributed by atoms with Crippen LogP contribution in [0.2, 0.25) is 0 Å².